The molecular formula is C20H24N2O2. The van der Waals surface area contributed by atoms with Crippen molar-refractivity contribution in [2.45, 2.75) is 38.5 Å². The summed E-state index contributed by atoms with van der Waals surface area (Å²) < 4.78 is 0.761. The summed E-state index contributed by atoms with van der Waals surface area (Å²) in [5, 5.41) is 14.1. The highest BCUT2D eigenvalue weighted by atomic mass is 16.5. The summed E-state index contributed by atoms with van der Waals surface area (Å²) in [6.07, 6.45) is 10.7. The normalized spacial score (nSPS) is 14.7. The number of benzene rings is 1. The molecule has 1 aromatic carbocycles. The largest absolute Gasteiger partial charge is 0.619 e. The monoisotopic (exact) mass is 324 g/mol. The fourth-order valence-electron chi connectivity index (χ4n) is 3.41. The van der Waals surface area contributed by atoms with Crippen LogP contribution in [0.5, 0.6) is 0 Å². The Balaban J connectivity index is 1.49. The lowest BCUT2D eigenvalue weighted by Crippen LogP contribution is -2.24. The van der Waals surface area contributed by atoms with Crippen LogP contribution >= 0.6 is 0 Å². The average molecular weight is 324 g/mol. The summed E-state index contributed by atoms with van der Waals surface area (Å²) in [5.41, 5.74) is 2.63. The number of carbonyl (C=O) groups is 1. The molecule has 1 heterocycles. The molecule has 1 fully saturated rings. The highest BCUT2D eigenvalue weighted by Gasteiger charge is 2.14. The van der Waals surface area contributed by atoms with Crippen molar-refractivity contribution in [3.63, 3.8) is 0 Å². The van der Waals surface area contributed by atoms with Gasteiger partial charge in [0.15, 0.2) is 12.4 Å². The Morgan fingerprint density at radius 2 is 1.67 bits per heavy atom. The summed E-state index contributed by atoms with van der Waals surface area (Å²) in [5.74, 6) is 0.860. The van der Waals surface area contributed by atoms with E-state index < -0.39 is 0 Å². The molecule has 1 amide bonds. The van der Waals surface area contributed by atoms with Crippen LogP contribution in [0.4, 0.5) is 0 Å². The van der Waals surface area contributed by atoms with Crippen molar-refractivity contribution in [2.75, 3.05) is 6.54 Å². The Morgan fingerprint density at radius 1 is 1.04 bits per heavy atom. The zero-order valence-corrected chi connectivity index (χ0v) is 13.9. The molecule has 0 aliphatic heterocycles. The average Bonchev–Trinajstić information content (AvgIpc) is 3.13. The lowest BCUT2D eigenvalue weighted by Gasteiger charge is -2.09. The lowest BCUT2D eigenvalue weighted by atomic mass is 10.0. The van der Waals surface area contributed by atoms with Crippen LogP contribution in [0.3, 0.4) is 0 Å². The Labute approximate surface area is 143 Å². The van der Waals surface area contributed by atoms with Gasteiger partial charge in [0.25, 0.3) is 5.91 Å². The van der Waals surface area contributed by atoms with E-state index in [0.717, 1.165) is 34.7 Å². The van der Waals surface area contributed by atoms with E-state index in [1.165, 1.54) is 44.5 Å². The molecule has 0 spiro atoms. The number of aromatic nitrogens is 1. The molecule has 126 valence electrons. The van der Waals surface area contributed by atoms with Gasteiger partial charge in [-0.05, 0) is 42.0 Å². The predicted octanol–water partition coefficient (Wildman–Crippen LogP) is 3.69. The van der Waals surface area contributed by atoms with E-state index in [1.54, 1.807) is 12.1 Å². The van der Waals surface area contributed by atoms with Crippen molar-refractivity contribution >= 4 is 5.91 Å². The molecule has 1 aliphatic rings. The molecule has 3 rings (SSSR count). The molecule has 0 atom stereocenters. The minimum atomic E-state index is -0.0153. The molecule has 2 aromatic rings. The van der Waals surface area contributed by atoms with Crippen molar-refractivity contribution in [1.82, 2.24) is 5.32 Å². The van der Waals surface area contributed by atoms with Crippen LogP contribution in [0.2, 0.25) is 0 Å². The second kappa shape index (κ2) is 7.95. The molecule has 24 heavy (non-hydrogen) atoms. The molecule has 0 bridgehead atoms. The van der Waals surface area contributed by atoms with Crippen LogP contribution in [0.1, 0.15) is 48.9 Å². The van der Waals surface area contributed by atoms with Gasteiger partial charge >= 0.3 is 0 Å². The van der Waals surface area contributed by atoms with Crippen molar-refractivity contribution in [2.24, 2.45) is 5.92 Å². The highest BCUT2D eigenvalue weighted by molar-refractivity contribution is 5.94. The van der Waals surface area contributed by atoms with Crippen LogP contribution in [-0.2, 0) is 0 Å². The molecule has 4 heteroatoms. The van der Waals surface area contributed by atoms with Crippen LogP contribution in [0, 0.1) is 11.1 Å². The van der Waals surface area contributed by atoms with E-state index in [2.05, 4.69) is 5.32 Å². The quantitative estimate of drug-likeness (QED) is 0.500. The first kappa shape index (κ1) is 16.5. The standard InChI is InChI=1S/C20H24N2O2/c23-20(21-13-3-6-16-4-1-2-5-16)19-9-7-17(8-10-19)18-11-14-22(24)15-12-18/h7-12,14-16H,1-6,13H2,(H,21,23). The first-order chi connectivity index (χ1) is 11.7. The van der Waals surface area contributed by atoms with Gasteiger partial charge < -0.3 is 10.5 Å². The van der Waals surface area contributed by atoms with Crippen LogP contribution in [-0.4, -0.2) is 12.5 Å². The van der Waals surface area contributed by atoms with E-state index >= 15 is 0 Å². The van der Waals surface area contributed by atoms with Gasteiger partial charge in [-0.25, -0.2) is 0 Å². The predicted molar refractivity (Wildman–Crippen MR) is 94.4 cm³/mol. The third-order valence-electron chi connectivity index (χ3n) is 4.83. The van der Waals surface area contributed by atoms with Crippen molar-refractivity contribution < 1.29 is 9.52 Å². The number of amides is 1. The molecular weight excluding hydrogens is 300 g/mol. The van der Waals surface area contributed by atoms with Crippen molar-refractivity contribution in [1.29, 1.82) is 0 Å². The zero-order valence-electron chi connectivity index (χ0n) is 13.9. The van der Waals surface area contributed by atoms with E-state index in [-0.39, 0.29) is 5.91 Å². The third-order valence-corrected chi connectivity index (χ3v) is 4.83. The maximum atomic E-state index is 12.2. The van der Waals surface area contributed by atoms with Crippen molar-refractivity contribution in [3.05, 3.63) is 59.6 Å². The minimum Gasteiger partial charge on any atom is -0.619 e. The molecule has 1 saturated carbocycles. The summed E-state index contributed by atoms with van der Waals surface area (Å²) >= 11 is 0. The number of hydrogen-bond donors (Lipinski definition) is 1. The lowest BCUT2D eigenvalue weighted by molar-refractivity contribution is -0.605. The second-order valence-electron chi connectivity index (χ2n) is 6.57. The van der Waals surface area contributed by atoms with Gasteiger partial charge in [-0.2, -0.15) is 4.73 Å². The molecule has 1 N–H and O–H groups in total. The minimum absolute atomic E-state index is 0.0153. The third kappa shape index (κ3) is 4.34. The summed E-state index contributed by atoms with van der Waals surface area (Å²) in [4.78, 5) is 12.2. The Bertz CT molecular complexity index is 659. The Kier molecular flexibility index (Phi) is 5.47. The first-order valence-electron chi connectivity index (χ1n) is 8.80. The van der Waals surface area contributed by atoms with Crippen molar-refractivity contribution in [3.8, 4) is 11.1 Å². The van der Waals surface area contributed by atoms with E-state index in [1.807, 2.05) is 24.3 Å². The van der Waals surface area contributed by atoms with Gasteiger partial charge in [0, 0.05) is 24.2 Å². The van der Waals surface area contributed by atoms with E-state index in [9.17, 15) is 10.0 Å². The first-order valence-corrected chi connectivity index (χ1v) is 8.80. The number of hydrogen-bond acceptors (Lipinski definition) is 2. The fourth-order valence-corrected chi connectivity index (χ4v) is 3.41. The van der Waals surface area contributed by atoms with Gasteiger partial charge in [-0.15, -0.1) is 0 Å². The Morgan fingerprint density at radius 3 is 2.33 bits per heavy atom. The van der Waals surface area contributed by atoms with Crippen LogP contribution in [0.25, 0.3) is 11.1 Å². The van der Waals surface area contributed by atoms with Gasteiger partial charge in [-0.1, -0.05) is 37.8 Å². The van der Waals surface area contributed by atoms with E-state index in [0.29, 0.717) is 5.56 Å². The number of nitrogens with zero attached hydrogens (tertiary/aromatic N) is 1. The molecule has 0 unspecified atom stereocenters. The maximum Gasteiger partial charge on any atom is 0.251 e. The summed E-state index contributed by atoms with van der Waals surface area (Å²) in [7, 11) is 0. The van der Waals surface area contributed by atoms with Gasteiger partial charge in [-0.3, -0.25) is 4.79 Å². The second-order valence-corrected chi connectivity index (χ2v) is 6.57. The fraction of sp³-hybridized carbons (Fsp3) is 0.400. The highest BCUT2D eigenvalue weighted by Crippen LogP contribution is 2.28. The van der Waals surface area contributed by atoms with E-state index in [4.69, 9.17) is 0 Å². The SMILES string of the molecule is O=C(NCCCC1CCCC1)c1ccc(-c2cc[n+]([O-])cc2)cc1. The smallest absolute Gasteiger partial charge is 0.251 e. The number of rotatable bonds is 6. The van der Waals surface area contributed by atoms with Crippen LogP contribution < -0.4 is 10.0 Å². The van der Waals surface area contributed by atoms with Gasteiger partial charge in [0.2, 0.25) is 0 Å². The van der Waals surface area contributed by atoms with Crippen LogP contribution in [0.15, 0.2) is 48.8 Å². The number of nitrogens with one attached hydrogen (secondary N) is 1. The topological polar surface area (TPSA) is 56.0 Å². The van der Waals surface area contributed by atoms with Gasteiger partial charge in [0.1, 0.15) is 0 Å². The molecule has 1 aliphatic carbocycles. The molecule has 0 radical (unpaired) electrons. The summed E-state index contributed by atoms with van der Waals surface area (Å²) in [6, 6.07) is 11.0. The molecule has 0 saturated heterocycles. The van der Waals surface area contributed by atoms with Gasteiger partial charge in [0.05, 0.1) is 0 Å². The Hall–Kier alpha value is -2.36. The number of carbonyl (C=O) groups excluding carboxylic acids is 1. The zero-order chi connectivity index (χ0) is 16.8. The summed E-state index contributed by atoms with van der Waals surface area (Å²) in [6.45, 7) is 0.749. The number of pyridine rings is 1. The molecule has 1 aromatic heterocycles. The molecule has 4 nitrogen and oxygen atoms in total. The maximum absolute atomic E-state index is 12.2.